The van der Waals surface area contributed by atoms with E-state index in [2.05, 4.69) is 56.4 Å². The van der Waals surface area contributed by atoms with E-state index in [0.717, 1.165) is 6.54 Å². The van der Waals surface area contributed by atoms with Crippen molar-refractivity contribution in [3.8, 4) is 0 Å². The fourth-order valence-corrected chi connectivity index (χ4v) is 2.87. The van der Waals surface area contributed by atoms with Gasteiger partial charge in [0.1, 0.15) is 0 Å². The standard InChI is InChI=1S/C18H27N/c1-4-19-18(16-8-6-5-7-9-16)17-12-10-15(11-13-17)14(2)3/h8,10-14,18-19H,4-7,9H2,1-3H3. The second kappa shape index (κ2) is 6.91. The van der Waals surface area contributed by atoms with Crippen LogP contribution < -0.4 is 5.32 Å². The molecule has 104 valence electrons. The van der Waals surface area contributed by atoms with Crippen LogP contribution >= 0.6 is 0 Å². The van der Waals surface area contributed by atoms with Crippen LogP contribution in [0, 0.1) is 0 Å². The Labute approximate surface area is 118 Å². The van der Waals surface area contributed by atoms with Crippen molar-refractivity contribution in [2.75, 3.05) is 6.54 Å². The van der Waals surface area contributed by atoms with Gasteiger partial charge in [-0.25, -0.2) is 0 Å². The van der Waals surface area contributed by atoms with E-state index in [9.17, 15) is 0 Å². The largest absolute Gasteiger partial charge is 0.307 e. The van der Waals surface area contributed by atoms with E-state index in [4.69, 9.17) is 0 Å². The van der Waals surface area contributed by atoms with Crippen molar-refractivity contribution in [1.82, 2.24) is 5.32 Å². The highest BCUT2D eigenvalue weighted by Crippen LogP contribution is 2.30. The molecule has 1 aromatic carbocycles. The van der Waals surface area contributed by atoms with Crippen LogP contribution in [-0.2, 0) is 0 Å². The van der Waals surface area contributed by atoms with Crippen molar-refractivity contribution >= 4 is 0 Å². The maximum atomic E-state index is 3.65. The third-order valence-electron chi connectivity index (χ3n) is 4.04. The summed E-state index contributed by atoms with van der Waals surface area (Å²) in [5.41, 5.74) is 4.43. The van der Waals surface area contributed by atoms with Gasteiger partial charge >= 0.3 is 0 Å². The van der Waals surface area contributed by atoms with E-state index in [1.165, 1.54) is 36.8 Å². The lowest BCUT2D eigenvalue weighted by Crippen LogP contribution is -2.23. The van der Waals surface area contributed by atoms with Crippen LogP contribution in [0.2, 0.25) is 0 Å². The molecule has 1 heteroatoms. The molecule has 0 fully saturated rings. The molecule has 1 aromatic rings. The normalized spacial score (nSPS) is 17.4. The van der Waals surface area contributed by atoms with Gasteiger partial charge in [-0.2, -0.15) is 0 Å². The SMILES string of the molecule is CCNC(C1=CCCCC1)c1ccc(C(C)C)cc1. The number of benzene rings is 1. The molecule has 0 amide bonds. The van der Waals surface area contributed by atoms with E-state index in [0.29, 0.717) is 12.0 Å². The molecule has 0 radical (unpaired) electrons. The Morgan fingerprint density at radius 3 is 2.26 bits per heavy atom. The van der Waals surface area contributed by atoms with E-state index < -0.39 is 0 Å². The summed E-state index contributed by atoms with van der Waals surface area (Å²) in [6.45, 7) is 7.72. The zero-order valence-electron chi connectivity index (χ0n) is 12.6. The van der Waals surface area contributed by atoms with Gasteiger partial charge in [-0.15, -0.1) is 0 Å². The Morgan fingerprint density at radius 2 is 1.74 bits per heavy atom. The second-order valence-corrected chi connectivity index (χ2v) is 5.84. The smallest absolute Gasteiger partial charge is 0.0535 e. The zero-order valence-corrected chi connectivity index (χ0v) is 12.6. The molecule has 19 heavy (non-hydrogen) atoms. The van der Waals surface area contributed by atoms with E-state index in [1.54, 1.807) is 5.57 Å². The highest BCUT2D eigenvalue weighted by Gasteiger charge is 2.17. The number of likely N-dealkylation sites (N-methyl/N-ethyl adjacent to an activating group) is 1. The molecule has 0 aliphatic heterocycles. The van der Waals surface area contributed by atoms with Gasteiger partial charge in [0.2, 0.25) is 0 Å². The first-order chi connectivity index (χ1) is 9.22. The fraction of sp³-hybridized carbons (Fsp3) is 0.556. The van der Waals surface area contributed by atoms with Crippen LogP contribution in [0.1, 0.15) is 69.5 Å². The van der Waals surface area contributed by atoms with Crippen molar-refractivity contribution in [2.45, 2.75) is 58.4 Å². The lowest BCUT2D eigenvalue weighted by molar-refractivity contribution is 0.563. The highest BCUT2D eigenvalue weighted by molar-refractivity contribution is 5.32. The minimum absolute atomic E-state index is 0.423. The van der Waals surface area contributed by atoms with Crippen LogP contribution in [-0.4, -0.2) is 6.54 Å². The monoisotopic (exact) mass is 257 g/mol. The van der Waals surface area contributed by atoms with Crippen LogP contribution in [0.15, 0.2) is 35.9 Å². The van der Waals surface area contributed by atoms with Crippen molar-refractivity contribution in [1.29, 1.82) is 0 Å². The summed E-state index contributed by atoms with van der Waals surface area (Å²) in [6.07, 6.45) is 7.66. The topological polar surface area (TPSA) is 12.0 Å². The number of nitrogens with one attached hydrogen (secondary N) is 1. The van der Waals surface area contributed by atoms with Crippen molar-refractivity contribution < 1.29 is 0 Å². The van der Waals surface area contributed by atoms with Crippen LogP contribution in [0.3, 0.4) is 0 Å². The summed E-state index contributed by atoms with van der Waals surface area (Å²) in [6, 6.07) is 9.60. The second-order valence-electron chi connectivity index (χ2n) is 5.84. The first-order valence-electron chi connectivity index (χ1n) is 7.74. The van der Waals surface area contributed by atoms with Gasteiger partial charge in [-0.3, -0.25) is 0 Å². The number of hydrogen-bond acceptors (Lipinski definition) is 1. The van der Waals surface area contributed by atoms with Crippen molar-refractivity contribution in [3.63, 3.8) is 0 Å². The molecule has 0 spiro atoms. The lowest BCUT2D eigenvalue weighted by atomic mass is 9.89. The molecule has 0 saturated carbocycles. The minimum atomic E-state index is 0.423. The lowest BCUT2D eigenvalue weighted by Gasteiger charge is -2.25. The summed E-state index contributed by atoms with van der Waals surface area (Å²) < 4.78 is 0. The first kappa shape index (κ1) is 14.3. The molecule has 0 aromatic heterocycles. The Kier molecular flexibility index (Phi) is 5.21. The van der Waals surface area contributed by atoms with Crippen molar-refractivity contribution in [3.05, 3.63) is 47.0 Å². The average molecular weight is 257 g/mol. The molecule has 0 bridgehead atoms. The van der Waals surface area contributed by atoms with Gasteiger partial charge in [-0.05, 0) is 49.3 Å². The third kappa shape index (κ3) is 3.70. The first-order valence-corrected chi connectivity index (χ1v) is 7.74. The Morgan fingerprint density at radius 1 is 1.05 bits per heavy atom. The van der Waals surface area contributed by atoms with Gasteiger partial charge in [0.15, 0.2) is 0 Å². The van der Waals surface area contributed by atoms with E-state index >= 15 is 0 Å². The molecule has 2 rings (SSSR count). The maximum Gasteiger partial charge on any atom is 0.0535 e. The zero-order chi connectivity index (χ0) is 13.7. The Hall–Kier alpha value is -1.08. The molecular formula is C18H27N. The van der Waals surface area contributed by atoms with Gasteiger partial charge < -0.3 is 5.32 Å². The number of rotatable bonds is 5. The number of hydrogen-bond donors (Lipinski definition) is 1. The van der Waals surface area contributed by atoms with Crippen LogP contribution in [0.5, 0.6) is 0 Å². The van der Waals surface area contributed by atoms with Gasteiger partial charge in [0.25, 0.3) is 0 Å². The Balaban J connectivity index is 2.20. The summed E-state index contributed by atoms with van der Waals surface area (Å²) >= 11 is 0. The summed E-state index contributed by atoms with van der Waals surface area (Å²) in [5.74, 6) is 0.612. The van der Waals surface area contributed by atoms with Gasteiger partial charge in [-0.1, -0.05) is 56.7 Å². The predicted molar refractivity (Wildman–Crippen MR) is 83.5 cm³/mol. The van der Waals surface area contributed by atoms with Gasteiger partial charge in [0.05, 0.1) is 6.04 Å². The minimum Gasteiger partial charge on any atom is -0.307 e. The fourth-order valence-electron chi connectivity index (χ4n) is 2.87. The van der Waals surface area contributed by atoms with Gasteiger partial charge in [0, 0.05) is 0 Å². The molecule has 1 nitrogen and oxygen atoms in total. The highest BCUT2D eigenvalue weighted by atomic mass is 14.9. The molecule has 0 saturated heterocycles. The summed E-state index contributed by atoms with van der Waals surface area (Å²) in [4.78, 5) is 0. The van der Waals surface area contributed by atoms with Crippen LogP contribution in [0.4, 0.5) is 0 Å². The third-order valence-corrected chi connectivity index (χ3v) is 4.04. The molecule has 1 aliphatic carbocycles. The van der Waals surface area contributed by atoms with E-state index in [1.807, 2.05) is 0 Å². The Bertz CT molecular complexity index is 414. The molecule has 1 unspecified atom stereocenters. The summed E-state index contributed by atoms with van der Waals surface area (Å²) in [5, 5.41) is 3.65. The molecule has 0 heterocycles. The molecule has 1 atom stereocenters. The predicted octanol–water partition coefficient (Wildman–Crippen LogP) is 4.96. The quantitative estimate of drug-likeness (QED) is 0.735. The van der Waals surface area contributed by atoms with E-state index in [-0.39, 0.29) is 0 Å². The molecule has 1 N–H and O–H groups in total. The molecular weight excluding hydrogens is 230 g/mol. The number of allylic oxidation sites excluding steroid dienone is 1. The maximum absolute atomic E-state index is 3.65. The summed E-state index contributed by atoms with van der Waals surface area (Å²) in [7, 11) is 0. The average Bonchev–Trinajstić information content (AvgIpc) is 2.46. The van der Waals surface area contributed by atoms with Crippen LogP contribution in [0.25, 0.3) is 0 Å². The molecule has 1 aliphatic rings. The van der Waals surface area contributed by atoms with Crippen molar-refractivity contribution in [2.24, 2.45) is 0 Å².